The maximum Gasteiger partial charge on any atom is 0.339 e. The number of carboxylic acid groups (broad SMARTS) is 1. The number of hydrogen-bond donors (Lipinski definition) is 2. The number of aryl methyl sites for hydroxylation is 1. The lowest BCUT2D eigenvalue weighted by atomic mass is 10.0. The molecule has 0 saturated carbocycles. The Morgan fingerprint density at radius 1 is 1.33 bits per heavy atom. The van der Waals surface area contributed by atoms with E-state index in [2.05, 4.69) is 31.4 Å². The van der Waals surface area contributed by atoms with Crippen LogP contribution in [-0.2, 0) is 19.4 Å². The highest BCUT2D eigenvalue weighted by Crippen LogP contribution is 2.25. The zero-order chi connectivity index (χ0) is 15.4. The van der Waals surface area contributed by atoms with Gasteiger partial charge in [-0.05, 0) is 46.5 Å². The van der Waals surface area contributed by atoms with E-state index >= 15 is 0 Å². The summed E-state index contributed by atoms with van der Waals surface area (Å²) in [6.45, 7) is 4.41. The molecule has 0 amide bonds. The van der Waals surface area contributed by atoms with Gasteiger partial charge in [0.1, 0.15) is 5.56 Å². The summed E-state index contributed by atoms with van der Waals surface area (Å²) < 4.78 is 1.04. The van der Waals surface area contributed by atoms with Crippen molar-refractivity contribution in [1.82, 2.24) is 10.2 Å². The number of rotatable bonds is 6. The van der Waals surface area contributed by atoms with E-state index in [1.54, 1.807) is 11.3 Å². The topological polar surface area (TPSA) is 75.1 Å². The first-order valence-corrected chi connectivity index (χ1v) is 8.27. The van der Waals surface area contributed by atoms with Crippen LogP contribution >= 0.6 is 27.3 Å². The van der Waals surface area contributed by atoms with Gasteiger partial charge in [0.25, 0.3) is 0 Å². The third-order valence-corrected chi connectivity index (χ3v) is 4.74. The minimum atomic E-state index is -0.966. The second-order valence-corrected chi connectivity index (χ2v) is 6.97. The fourth-order valence-electron chi connectivity index (χ4n) is 2.14. The van der Waals surface area contributed by atoms with E-state index in [4.69, 9.17) is 0 Å². The lowest BCUT2D eigenvalue weighted by Gasteiger charge is -2.13. The molecule has 2 N–H and O–H groups in total. The van der Waals surface area contributed by atoms with Crippen LogP contribution in [0.5, 0.6) is 0 Å². The van der Waals surface area contributed by atoms with E-state index in [9.17, 15) is 9.90 Å². The Kier molecular flexibility index (Phi) is 5.30. The first-order valence-electron chi connectivity index (χ1n) is 6.66. The Labute approximate surface area is 135 Å². The fraction of sp³-hybridized carbons (Fsp3) is 0.357. The summed E-state index contributed by atoms with van der Waals surface area (Å²) in [5.74, 6) is -0.632. The number of nitrogens with zero attached hydrogens (tertiary/aromatic N) is 2. The number of hydrogen-bond acceptors (Lipinski definition) is 5. The van der Waals surface area contributed by atoms with Crippen molar-refractivity contribution in [1.29, 1.82) is 0 Å². The van der Waals surface area contributed by atoms with E-state index in [1.165, 1.54) is 0 Å². The molecule has 0 unspecified atom stereocenters. The van der Waals surface area contributed by atoms with Gasteiger partial charge in [0.15, 0.2) is 5.82 Å². The van der Waals surface area contributed by atoms with Crippen LogP contribution in [0.2, 0.25) is 0 Å². The molecular weight excluding hydrogens is 354 g/mol. The summed E-state index contributed by atoms with van der Waals surface area (Å²) in [6.07, 6.45) is 1.30. The van der Waals surface area contributed by atoms with Crippen molar-refractivity contribution in [3.05, 3.63) is 37.6 Å². The van der Waals surface area contributed by atoms with E-state index in [0.717, 1.165) is 19.9 Å². The van der Waals surface area contributed by atoms with Crippen molar-refractivity contribution in [3.8, 4) is 0 Å². The van der Waals surface area contributed by atoms with E-state index < -0.39 is 5.97 Å². The zero-order valence-electron chi connectivity index (χ0n) is 11.8. The Morgan fingerprint density at radius 3 is 2.62 bits per heavy atom. The van der Waals surface area contributed by atoms with Crippen LogP contribution in [0.4, 0.5) is 5.82 Å². The SMILES string of the molecule is CCc1nnc(NCc2ccc(Br)s2)c(C(=O)O)c1CC. The number of carbonyl (C=O) groups is 1. The van der Waals surface area contributed by atoms with Crippen LogP contribution in [0.3, 0.4) is 0 Å². The van der Waals surface area contributed by atoms with Gasteiger partial charge < -0.3 is 10.4 Å². The van der Waals surface area contributed by atoms with E-state index in [-0.39, 0.29) is 5.56 Å². The molecule has 0 bridgehead atoms. The molecule has 112 valence electrons. The molecule has 2 heterocycles. The zero-order valence-corrected chi connectivity index (χ0v) is 14.2. The van der Waals surface area contributed by atoms with Crippen LogP contribution < -0.4 is 5.32 Å². The molecule has 2 aromatic heterocycles. The number of aromatic nitrogens is 2. The van der Waals surface area contributed by atoms with Crippen LogP contribution in [-0.4, -0.2) is 21.3 Å². The number of aromatic carboxylic acids is 1. The van der Waals surface area contributed by atoms with Crippen molar-refractivity contribution < 1.29 is 9.90 Å². The standard InChI is InChI=1S/C14H16BrN3O2S/c1-3-9-10(4-2)17-18-13(12(9)14(19)20)16-7-8-5-6-11(15)21-8/h5-6H,3-4,7H2,1-2H3,(H,16,18)(H,19,20). The molecule has 0 saturated heterocycles. The highest BCUT2D eigenvalue weighted by molar-refractivity contribution is 9.11. The molecule has 0 aliphatic carbocycles. The molecule has 0 atom stereocenters. The number of thiophene rings is 1. The lowest BCUT2D eigenvalue weighted by molar-refractivity contribution is 0.0696. The molecular formula is C14H16BrN3O2S. The summed E-state index contributed by atoms with van der Waals surface area (Å²) in [5.41, 5.74) is 1.74. The Bertz CT molecular complexity index is 658. The van der Waals surface area contributed by atoms with Crippen LogP contribution in [0.25, 0.3) is 0 Å². The van der Waals surface area contributed by atoms with Crippen molar-refractivity contribution in [2.24, 2.45) is 0 Å². The molecule has 2 aromatic rings. The van der Waals surface area contributed by atoms with Crippen LogP contribution in [0.1, 0.15) is 40.3 Å². The molecule has 0 aliphatic rings. The normalized spacial score (nSPS) is 10.6. The van der Waals surface area contributed by atoms with Crippen LogP contribution in [0, 0.1) is 0 Å². The summed E-state index contributed by atoms with van der Waals surface area (Å²) in [6, 6.07) is 3.94. The van der Waals surface area contributed by atoms with Crippen molar-refractivity contribution in [2.75, 3.05) is 5.32 Å². The maximum atomic E-state index is 11.6. The first kappa shape index (κ1) is 15.9. The second-order valence-electron chi connectivity index (χ2n) is 4.42. The Morgan fingerprint density at radius 2 is 2.10 bits per heavy atom. The number of nitrogens with one attached hydrogen (secondary N) is 1. The monoisotopic (exact) mass is 369 g/mol. The number of anilines is 1. The molecule has 0 aliphatic heterocycles. The summed E-state index contributed by atoms with van der Waals surface area (Å²) in [7, 11) is 0. The third kappa shape index (κ3) is 3.59. The van der Waals surface area contributed by atoms with Gasteiger partial charge in [-0.1, -0.05) is 13.8 Å². The molecule has 5 nitrogen and oxygen atoms in total. The van der Waals surface area contributed by atoms with E-state index in [0.29, 0.717) is 25.2 Å². The summed E-state index contributed by atoms with van der Waals surface area (Å²) >= 11 is 5.00. The fourth-order valence-corrected chi connectivity index (χ4v) is 3.57. The lowest BCUT2D eigenvalue weighted by Crippen LogP contribution is -2.14. The Hall–Kier alpha value is -1.47. The highest BCUT2D eigenvalue weighted by Gasteiger charge is 2.20. The molecule has 0 fully saturated rings. The van der Waals surface area contributed by atoms with Gasteiger partial charge in [-0.15, -0.1) is 16.4 Å². The summed E-state index contributed by atoms with van der Waals surface area (Å²) in [4.78, 5) is 12.7. The van der Waals surface area contributed by atoms with Gasteiger partial charge >= 0.3 is 5.97 Å². The van der Waals surface area contributed by atoms with Gasteiger partial charge in [0.05, 0.1) is 16.0 Å². The predicted octanol–water partition coefficient (Wildman–Crippen LogP) is 3.74. The number of halogens is 1. The van der Waals surface area contributed by atoms with E-state index in [1.807, 2.05) is 26.0 Å². The van der Waals surface area contributed by atoms with Crippen LogP contribution in [0.15, 0.2) is 15.9 Å². The minimum Gasteiger partial charge on any atom is -0.478 e. The average Bonchev–Trinajstić information content (AvgIpc) is 2.89. The predicted molar refractivity (Wildman–Crippen MR) is 87.1 cm³/mol. The molecule has 0 spiro atoms. The molecule has 7 heteroatoms. The molecule has 0 aromatic carbocycles. The van der Waals surface area contributed by atoms with Gasteiger partial charge in [-0.25, -0.2) is 4.79 Å². The second kappa shape index (κ2) is 7.00. The first-order chi connectivity index (χ1) is 10.1. The third-order valence-electron chi connectivity index (χ3n) is 3.12. The van der Waals surface area contributed by atoms with Gasteiger partial charge in [0.2, 0.25) is 0 Å². The smallest absolute Gasteiger partial charge is 0.339 e. The summed E-state index contributed by atoms with van der Waals surface area (Å²) in [5, 5.41) is 20.8. The Balaban J connectivity index is 2.32. The molecule has 2 rings (SSSR count). The maximum absolute atomic E-state index is 11.6. The number of carboxylic acids is 1. The molecule has 0 radical (unpaired) electrons. The quantitative estimate of drug-likeness (QED) is 0.810. The van der Waals surface area contributed by atoms with Crippen molar-refractivity contribution in [3.63, 3.8) is 0 Å². The largest absolute Gasteiger partial charge is 0.478 e. The average molecular weight is 370 g/mol. The van der Waals surface area contributed by atoms with Gasteiger partial charge in [-0.2, -0.15) is 5.10 Å². The van der Waals surface area contributed by atoms with Crippen molar-refractivity contribution in [2.45, 2.75) is 33.2 Å². The minimum absolute atomic E-state index is 0.236. The van der Waals surface area contributed by atoms with Crippen molar-refractivity contribution >= 4 is 39.1 Å². The highest BCUT2D eigenvalue weighted by atomic mass is 79.9. The van der Waals surface area contributed by atoms with Gasteiger partial charge in [0, 0.05) is 4.88 Å². The molecule has 21 heavy (non-hydrogen) atoms. The van der Waals surface area contributed by atoms with Gasteiger partial charge in [-0.3, -0.25) is 0 Å².